The van der Waals surface area contributed by atoms with Crippen LogP contribution in [0.25, 0.3) is 0 Å². The molecule has 1 amide bonds. The molecule has 0 saturated carbocycles. The maximum atomic E-state index is 11.9. The van der Waals surface area contributed by atoms with E-state index < -0.39 is 5.91 Å². The molecule has 0 atom stereocenters. The van der Waals surface area contributed by atoms with Crippen LogP contribution in [0.4, 0.5) is 5.95 Å². The molecule has 2 rings (SSSR count). The Kier molecular flexibility index (Phi) is 3.56. The van der Waals surface area contributed by atoms with Gasteiger partial charge in [-0.2, -0.15) is 4.98 Å². The number of amides is 1. The van der Waals surface area contributed by atoms with E-state index in [0.29, 0.717) is 11.6 Å². The molecule has 98 valence electrons. The first-order valence-corrected chi connectivity index (χ1v) is 5.48. The highest BCUT2D eigenvalue weighted by atomic mass is 16.5. The molecule has 0 aromatic carbocycles. The Morgan fingerprint density at radius 3 is 2.89 bits per heavy atom. The minimum absolute atomic E-state index is 0.00780. The van der Waals surface area contributed by atoms with E-state index in [0.717, 1.165) is 0 Å². The lowest BCUT2D eigenvalue weighted by atomic mass is 10.2. The van der Waals surface area contributed by atoms with Gasteiger partial charge in [-0.25, -0.2) is 4.98 Å². The van der Waals surface area contributed by atoms with E-state index in [1.54, 1.807) is 13.0 Å². The van der Waals surface area contributed by atoms with Crippen molar-refractivity contribution in [2.24, 2.45) is 0 Å². The number of methoxy groups -OCH3 is 1. The first-order valence-electron chi connectivity index (χ1n) is 5.48. The Bertz CT molecular complexity index is 666. The summed E-state index contributed by atoms with van der Waals surface area (Å²) in [6, 6.07) is 2.90. The average Bonchev–Trinajstić information content (AvgIpc) is 2.38. The summed E-state index contributed by atoms with van der Waals surface area (Å²) in [6.07, 6.45) is 2.77. The number of aryl methyl sites for hydroxylation is 1. The molecule has 0 aliphatic rings. The molecule has 0 spiro atoms. The van der Waals surface area contributed by atoms with Crippen LogP contribution in [0, 0.1) is 6.92 Å². The fourth-order valence-corrected chi connectivity index (χ4v) is 1.46. The van der Waals surface area contributed by atoms with Crippen molar-refractivity contribution in [3.8, 4) is 5.88 Å². The number of anilines is 1. The summed E-state index contributed by atoms with van der Waals surface area (Å²) in [4.78, 5) is 34.1. The molecule has 0 saturated heterocycles. The summed E-state index contributed by atoms with van der Waals surface area (Å²) >= 11 is 0. The highest BCUT2D eigenvalue weighted by Crippen LogP contribution is 2.11. The monoisotopic (exact) mass is 260 g/mol. The number of nitrogens with zero attached hydrogens (tertiary/aromatic N) is 2. The minimum Gasteiger partial charge on any atom is -0.481 e. The van der Waals surface area contributed by atoms with E-state index in [1.165, 1.54) is 25.6 Å². The van der Waals surface area contributed by atoms with E-state index in [9.17, 15) is 9.59 Å². The normalized spacial score (nSPS) is 10.0. The second-order valence-corrected chi connectivity index (χ2v) is 3.75. The molecule has 0 bridgehead atoms. The smallest absolute Gasteiger partial charge is 0.263 e. The van der Waals surface area contributed by atoms with Gasteiger partial charge in [0.1, 0.15) is 5.56 Å². The third-order valence-corrected chi connectivity index (χ3v) is 2.33. The number of pyridine rings is 1. The maximum absolute atomic E-state index is 11.9. The molecule has 0 radical (unpaired) electrons. The zero-order valence-corrected chi connectivity index (χ0v) is 10.4. The third-order valence-electron chi connectivity index (χ3n) is 2.33. The zero-order chi connectivity index (χ0) is 13.8. The van der Waals surface area contributed by atoms with Crippen molar-refractivity contribution < 1.29 is 9.53 Å². The lowest BCUT2D eigenvalue weighted by Crippen LogP contribution is -2.22. The number of aromatic nitrogens is 3. The van der Waals surface area contributed by atoms with Gasteiger partial charge >= 0.3 is 0 Å². The number of hydrogen-bond acceptors (Lipinski definition) is 5. The second-order valence-electron chi connectivity index (χ2n) is 3.75. The molecular weight excluding hydrogens is 248 g/mol. The number of carbonyl (C=O) groups is 1. The van der Waals surface area contributed by atoms with Gasteiger partial charge in [-0.3, -0.25) is 14.9 Å². The Morgan fingerprint density at radius 2 is 2.21 bits per heavy atom. The molecular formula is C12H12N4O3. The Balaban J connectivity index is 2.27. The molecule has 2 N–H and O–H groups in total. The van der Waals surface area contributed by atoms with E-state index in [1.807, 2.05) is 0 Å². The van der Waals surface area contributed by atoms with Crippen LogP contribution in [0.1, 0.15) is 16.1 Å². The summed E-state index contributed by atoms with van der Waals surface area (Å²) in [7, 11) is 1.47. The molecule has 7 heteroatoms. The largest absolute Gasteiger partial charge is 0.481 e. The van der Waals surface area contributed by atoms with Gasteiger partial charge in [0.25, 0.3) is 5.91 Å². The Hall–Kier alpha value is -2.70. The molecule has 19 heavy (non-hydrogen) atoms. The SMILES string of the molecule is COc1cc(C)nc(NC(=O)c2c[nH]ccc2=O)n1. The van der Waals surface area contributed by atoms with Gasteiger partial charge < -0.3 is 9.72 Å². The highest BCUT2D eigenvalue weighted by molar-refractivity contribution is 6.02. The van der Waals surface area contributed by atoms with Gasteiger partial charge in [0.15, 0.2) is 5.43 Å². The summed E-state index contributed by atoms with van der Waals surface area (Å²) in [5.41, 5.74) is 0.256. The summed E-state index contributed by atoms with van der Waals surface area (Å²) < 4.78 is 4.98. The van der Waals surface area contributed by atoms with Crippen molar-refractivity contribution in [2.45, 2.75) is 6.92 Å². The van der Waals surface area contributed by atoms with Crippen LogP contribution in [0.15, 0.2) is 29.3 Å². The molecule has 7 nitrogen and oxygen atoms in total. The number of rotatable bonds is 3. The number of carbonyl (C=O) groups excluding carboxylic acids is 1. The van der Waals surface area contributed by atoms with E-state index in [-0.39, 0.29) is 16.9 Å². The van der Waals surface area contributed by atoms with Crippen LogP contribution in [-0.2, 0) is 0 Å². The highest BCUT2D eigenvalue weighted by Gasteiger charge is 2.12. The average molecular weight is 260 g/mol. The number of H-pyrrole nitrogens is 1. The topological polar surface area (TPSA) is 97.0 Å². The third kappa shape index (κ3) is 2.95. The van der Waals surface area contributed by atoms with Gasteiger partial charge in [-0.1, -0.05) is 0 Å². The fraction of sp³-hybridized carbons (Fsp3) is 0.167. The molecule has 2 aromatic heterocycles. The predicted molar refractivity (Wildman–Crippen MR) is 68.3 cm³/mol. The second kappa shape index (κ2) is 5.30. The standard InChI is InChI=1S/C12H12N4O3/c1-7-5-10(19-2)15-12(14-7)16-11(18)8-6-13-4-3-9(8)17/h3-6H,1-2H3,(H,13,17)(H,14,15,16,18). The quantitative estimate of drug-likeness (QED) is 0.848. The van der Waals surface area contributed by atoms with Crippen LogP contribution < -0.4 is 15.5 Å². The molecule has 2 heterocycles. The number of hydrogen-bond donors (Lipinski definition) is 2. The Morgan fingerprint density at radius 1 is 1.42 bits per heavy atom. The van der Waals surface area contributed by atoms with E-state index in [4.69, 9.17) is 4.74 Å². The summed E-state index contributed by atoms with van der Waals surface area (Å²) in [5, 5.41) is 2.45. The summed E-state index contributed by atoms with van der Waals surface area (Å²) in [5.74, 6) is -0.149. The van der Waals surface area contributed by atoms with Gasteiger partial charge in [0, 0.05) is 30.2 Å². The van der Waals surface area contributed by atoms with Crippen molar-refractivity contribution in [3.63, 3.8) is 0 Å². The zero-order valence-electron chi connectivity index (χ0n) is 10.4. The van der Waals surface area contributed by atoms with Crippen molar-refractivity contribution >= 4 is 11.9 Å². The summed E-state index contributed by atoms with van der Waals surface area (Å²) in [6.45, 7) is 1.75. The predicted octanol–water partition coefficient (Wildman–Crippen LogP) is 0.734. The van der Waals surface area contributed by atoms with Crippen LogP contribution >= 0.6 is 0 Å². The first kappa shape index (κ1) is 12.7. The van der Waals surface area contributed by atoms with E-state index in [2.05, 4.69) is 20.3 Å². The Labute approximate surface area is 108 Å². The minimum atomic E-state index is -0.575. The van der Waals surface area contributed by atoms with Crippen molar-refractivity contribution in [3.05, 3.63) is 46.0 Å². The fourth-order valence-electron chi connectivity index (χ4n) is 1.46. The van der Waals surface area contributed by atoms with Crippen LogP contribution in [0.5, 0.6) is 5.88 Å². The molecule has 0 aliphatic heterocycles. The van der Waals surface area contributed by atoms with Crippen LogP contribution in [-0.4, -0.2) is 28.0 Å². The van der Waals surface area contributed by atoms with Gasteiger partial charge in [0.2, 0.25) is 11.8 Å². The molecule has 2 aromatic rings. The molecule has 0 fully saturated rings. The molecule has 0 aliphatic carbocycles. The number of ether oxygens (including phenoxy) is 1. The van der Waals surface area contributed by atoms with Gasteiger partial charge in [-0.15, -0.1) is 0 Å². The maximum Gasteiger partial charge on any atom is 0.263 e. The van der Waals surface area contributed by atoms with Crippen molar-refractivity contribution in [1.29, 1.82) is 0 Å². The lowest BCUT2D eigenvalue weighted by molar-refractivity contribution is 0.102. The first-order chi connectivity index (χ1) is 9.10. The number of nitrogens with one attached hydrogen (secondary N) is 2. The molecule has 0 unspecified atom stereocenters. The van der Waals surface area contributed by atoms with Gasteiger partial charge in [-0.05, 0) is 6.92 Å². The van der Waals surface area contributed by atoms with E-state index >= 15 is 0 Å². The van der Waals surface area contributed by atoms with Crippen LogP contribution in [0.3, 0.4) is 0 Å². The van der Waals surface area contributed by atoms with Crippen molar-refractivity contribution in [1.82, 2.24) is 15.0 Å². The lowest BCUT2D eigenvalue weighted by Gasteiger charge is -2.06. The number of aromatic amines is 1. The van der Waals surface area contributed by atoms with Crippen molar-refractivity contribution in [2.75, 3.05) is 12.4 Å². The van der Waals surface area contributed by atoms with Gasteiger partial charge in [0.05, 0.1) is 7.11 Å². The van der Waals surface area contributed by atoms with Crippen LogP contribution in [0.2, 0.25) is 0 Å².